The highest BCUT2D eigenvalue weighted by Crippen LogP contribution is 2.34. The van der Waals surface area contributed by atoms with Crippen LogP contribution in [-0.2, 0) is 11.2 Å². The number of aromatic nitrogens is 1. The number of benzene rings is 2. The van der Waals surface area contributed by atoms with E-state index in [4.69, 9.17) is 0 Å². The number of rotatable bonds is 4. The molecular formula is C19H18FN3OS. The minimum atomic E-state index is -0.300. The van der Waals surface area contributed by atoms with Gasteiger partial charge < -0.3 is 10.2 Å². The maximum Gasteiger partial charge on any atom is 0.231 e. The summed E-state index contributed by atoms with van der Waals surface area (Å²) in [5.41, 5.74) is 2.43. The predicted molar refractivity (Wildman–Crippen MR) is 99.7 cm³/mol. The highest BCUT2D eigenvalue weighted by Gasteiger charge is 2.34. The Kier molecular flexibility index (Phi) is 4.13. The van der Waals surface area contributed by atoms with Gasteiger partial charge in [0, 0.05) is 18.8 Å². The zero-order valence-corrected chi connectivity index (χ0v) is 14.6. The van der Waals surface area contributed by atoms with Gasteiger partial charge in [-0.2, -0.15) is 0 Å². The van der Waals surface area contributed by atoms with Crippen molar-refractivity contribution in [2.24, 2.45) is 5.92 Å². The Balaban J connectivity index is 1.42. The Morgan fingerprint density at radius 1 is 1.28 bits per heavy atom. The van der Waals surface area contributed by atoms with E-state index in [9.17, 15) is 9.18 Å². The molecule has 128 valence electrons. The summed E-state index contributed by atoms with van der Waals surface area (Å²) < 4.78 is 14.6. The average Bonchev–Trinajstić information content (AvgIpc) is 2.99. The number of carbonyl (C=O) groups excluding carboxylic acids is 1. The minimum Gasteiger partial charge on any atom is -0.346 e. The summed E-state index contributed by atoms with van der Waals surface area (Å²) >= 11 is 1.46. The van der Waals surface area contributed by atoms with Gasteiger partial charge in [0.2, 0.25) is 5.91 Å². The lowest BCUT2D eigenvalue weighted by atomic mass is 9.99. The Labute approximate surface area is 149 Å². The molecule has 0 unspecified atom stereocenters. The van der Waals surface area contributed by atoms with Crippen molar-refractivity contribution in [3.8, 4) is 0 Å². The van der Waals surface area contributed by atoms with Crippen molar-refractivity contribution in [3.05, 3.63) is 53.8 Å². The number of fused-ring (bicyclic) bond motifs is 1. The maximum absolute atomic E-state index is 13.8. The van der Waals surface area contributed by atoms with E-state index in [0.717, 1.165) is 27.5 Å². The number of thiazole rings is 1. The zero-order valence-electron chi connectivity index (χ0n) is 13.8. The molecule has 0 radical (unpaired) electrons. The summed E-state index contributed by atoms with van der Waals surface area (Å²) in [5, 5.41) is 3.80. The average molecular weight is 355 g/mol. The second-order valence-corrected chi connectivity index (χ2v) is 7.19. The molecule has 4 rings (SSSR count). The van der Waals surface area contributed by atoms with Crippen LogP contribution in [0.2, 0.25) is 0 Å². The van der Waals surface area contributed by atoms with Crippen LogP contribution < -0.4 is 10.2 Å². The highest BCUT2D eigenvalue weighted by molar-refractivity contribution is 7.22. The number of amides is 1. The molecular weight excluding hydrogens is 337 g/mol. The summed E-state index contributed by atoms with van der Waals surface area (Å²) in [6.07, 6.45) is 0.879. The van der Waals surface area contributed by atoms with E-state index >= 15 is 0 Å². The van der Waals surface area contributed by atoms with Gasteiger partial charge in [-0.05, 0) is 30.2 Å². The minimum absolute atomic E-state index is 0.0319. The Morgan fingerprint density at radius 2 is 2.08 bits per heavy atom. The van der Waals surface area contributed by atoms with Crippen LogP contribution in [0.1, 0.15) is 12.5 Å². The monoisotopic (exact) mass is 355 g/mol. The Bertz CT molecular complexity index is 933. The van der Waals surface area contributed by atoms with Gasteiger partial charge in [0.25, 0.3) is 0 Å². The van der Waals surface area contributed by atoms with Crippen molar-refractivity contribution < 1.29 is 9.18 Å². The third-order valence-corrected chi connectivity index (χ3v) is 5.62. The van der Waals surface area contributed by atoms with Gasteiger partial charge in [-0.3, -0.25) is 4.79 Å². The molecule has 25 heavy (non-hydrogen) atoms. The lowest BCUT2D eigenvalue weighted by Crippen LogP contribution is -2.52. The molecule has 0 saturated carbocycles. The first kappa shape index (κ1) is 16.0. The van der Waals surface area contributed by atoms with Gasteiger partial charge in [0.05, 0.1) is 10.6 Å². The highest BCUT2D eigenvalue weighted by atomic mass is 32.1. The molecule has 1 aliphatic heterocycles. The van der Waals surface area contributed by atoms with Crippen LogP contribution in [0.25, 0.3) is 10.2 Å². The van der Waals surface area contributed by atoms with Gasteiger partial charge in [-0.15, -0.1) is 0 Å². The summed E-state index contributed by atoms with van der Waals surface area (Å²) in [5.74, 6) is -0.336. The molecule has 4 nitrogen and oxygen atoms in total. The number of nitrogens with one attached hydrogen (secondary N) is 1. The second kappa shape index (κ2) is 6.44. The molecule has 0 bridgehead atoms. The predicted octanol–water partition coefficient (Wildman–Crippen LogP) is 4.07. The van der Waals surface area contributed by atoms with Crippen molar-refractivity contribution in [3.63, 3.8) is 0 Å². The molecule has 1 fully saturated rings. The van der Waals surface area contributed by atoms with E-state index in [2.05, 4.69) is 17.2 Å². The molecule has 1 aliphatic rings. The van der Waals surface area contributed by atoms with E-state index in [1.54, 1.807) is 6.07 Å². The van der Waals surface area contributed by atoms with Crippen LogP contribution in [-0.4, -0.2) is 24.0 Å². The van der Waals surface area contributed by atoms with Gasteiger partial charge in [-0.25, -0.2) is 9.37 Å². The fourth-order valence-corrected chi connectivity index (χ4v) is 4.02. The van der Waals surface area contributed by atoms with E-state index in [-0.39, 0.29) is 17.6 Å². The quantitative estimate of drug-likeness (QED) is 0.767. The smallest absolute Gasteiger partial charge is 0.231 e. The van der Waals surface area contributed by atoms with Gasteiger partial charge >= 0.3 is 0 Å². The fraction of sp³-hybridized carbons (Fsp3) is 0.263. The number of nitrogens with zero attached hydrogens (tertiary/aromatic N) is 2. The van der Waals surface area contributed by atoms with E-state index in [0.29, 0.717) is 18.6 Å². The third kappa shape index (κ3) is 2.98. The number of carbonyl (C=O) groups is 1. The molecule has 0 aliphatic carbocycles. The van der Waals surface area contributed by atoms with Crippen molar-refractivity contribution in [2.45, 2.75) is 13.3 Å². The Morgan fingerprint density at radius 3 is 2.84 bits per heavy atom. The van der Waals surface area contributed by atoms with Crippen molar-refractivity contribution in [1.82, 2.24) is 4.98 Å². The van der Waals surface area contributed by atoms with Gasteiger partial charge in [0.15, 0.2) is 5.13 Å². The Hall–Kier alpha value is -2.47. The number of hydrogen-bond donors (Lipinski definition) is 1. The van der Waals surface area contributed by atoms with Crippen LogP contribution in [0.5, 0.6) is 0 Å². The molecule has 6 heteroatoms. The number of hydrogen-bond acceptors (Lipinski definition) is 4. The van der Waals surface area contributed by atoms with Crippen LogP contribution >= 0.6 is 11.3 Å². The van der Waals surface area contributed by atoms with E-state index < -0.39 is 0 Å². The summed E-state index contributed by atoms with van der Waals surface area (Å²) in [6, 6.07) is 12.8. The molecule has 1 N–H and O–H groups in total. The van der Waals surface area contributed by atoms with Gasteiger partial charge in [0.1, 0.15) is 11.3 Å². The lowest BCUT2D eigenvalue weighted by molar-refractivity contribution is -0.120. The normalized spacial score (nSPS) is 14.6. The van der Waals surface area contributed by atoms with Crippen LogP contribution in [0.3, 0.4) is 0 Å². The first-order valence-corrected chi connectivity index (χ1v) is 9.16. The molecule has 1 amide bonds. The van der Waals surface area contributed by atoms with Crippen molar-refractivity contribution in [2.75, 3.05) is 23.3 Å². The number of anilines is 2. The number of aryl methyl sites for hydroxylation is 1. The first-order chi connectivity index (χ1) is 12.2. The molecule has 1 aromatic heterocycles. The van der Waals surface area contributed by atoms with E-state index in [1.165, 1.54) is 17.4 Å². The van der Waals surface area contributed by atoms with Crippen molar-refractivity contribution in [1.29, 1.82) is 0 Å². The van der Waals surface area contributed by atoms with Gasteiger partial charge in [-0.1, -0.05) is 42.5 Å². The molecule has 1 saturated heterocycles. The molecule has 2 aromatic carbocycles. The molecule has 2 heterocycles. The number of para-hydroxylation sites is 2. The summed E-state index contributed by atoms with van der Waals surface area (Å²) in [7, 11) is 0. The van der Waals surface area contributed by atoms with E-state index in [1.807, 2.05) is 35.2 Å². The first-order valence-electron chi connectivity index (χ1n) is 8.34. The van der Waals surface area contributed by atoms with Crippen LogP contribution in [0, 0.1) is 11.7 Å². The molecule has 0 spiro atoms. The standard InChI is InChI=1S/C19H18FN3OS/c1-2-12-6-3-4-8-15(12)21-18(24)13-10-23(11-13)19-22-17-14(20)7-5-9-16(17)25-19/h3-9,13H,2,10-11H2,1H3,(H,21,24). The summed E-state index contributed by atoms with van der Waals surface area (Å²) in [6.45, 7) is 3.30. The zero-order chi connectivity index (χ0) is 17.4. The molecule has 3 aromatic rings. The van der Waals surface area contributed by atoms with Crippen molar-refractivity contribution >= 4 is 38.3 Å². The number of halogens is 1. The lowest BCUT2D eigenvalue weighted by Gasteiger charge is -2.38. The van der Waals surface area contributed by atoms with Crippen LogP contribution in [0.4, 0.5) is 15.2 Å². The maximum atomic E-state index is 13.8. The fourth-order valence-electron chi connectivity index (χ4n) is 3.02. The topological polar surface area (TPSA) is 45.2 Å². The second-order valence-electron chi connectivity index (χ2n) is 6.18. The molecule has 0 atom stereocenters. The van der Waals surface area contributed by atoms with Crippen LogP contribution in [0.15, 0.2) is 42.5 Å². The third-order valence-electron chi connectivity index (χ3n) is 4.54. The summed E-state index contributed by atoms with van der Waals surface area (Å²) in [4.78, 5) is 18.9. The SMILES string of the molecule is CCc1ccccc1NC(=O)C1CN(c2nc3c(F)cccc3s2)C1. The largest absolute Gasteiger partial charge is 0.346 e.